The van der Waals surface area contributed by atoms with Crippen LogP contribution in [0.25, 0.3) is 11.0 Å². The Morgan fingerprint density at radius 2 is 1.85 bits per heavy atom. The van der Waals surface area contributed by atoms with Crippen molar-refractivity contribution < 1.29 is 4.79 Å². The summed E-state index contributed by atoms with van der Waals surface area (Å²) < 4.78 is 1.98. The number of nitrogens with zero attached hydrogens (tertiary/aromatic N) is 3. The fourth-order valence-corrected chi connectivity index (χ4v) is 3.83. The molecule has 0 saturated heterocycles. The highest BCUT2D eigenvalue weighted by Crippen LogP contribution is 2.32. The first kappa shape index (κ1) is 17.1. The van der Waals surface area contributed by atoms with E-state index in [2.05, 4.69) is 15.4 Å². The van der Waals surface area contributed by atoms with Gasteiger partial charge in [-0.1, -0.05) is 36.0 Å². The van der Waals surface area contributed by atoms with Crippen molar-refractivity contribution in [1.82, 2.24) is 14.8 Å². The summed E-state index contributed by atoms with van der Waals surface area (Å²) in [4.78, 5) is 17.0. The lowest BCUT2D eigenvalue weighted by Crippen LogP contribution is -2.13. The molecule has 3 N–H and O–H groups in total. The quantitative estimate of drug-likeness (QED) is 0.636. The molecule has 1 aromatic carbocycles. The summed E-state index contributed by atoms with van der Waals surface area (Å²) >= 11 is 12.0. The van der Waals surface area contributed by atoms with Crippen LogP contribution in [-0.2, 0) is 0 Å². The van der Waals surface area contributed by atoms with Crippen molar-refractivity contribution in [1.29, 1.82) is 0 Å². The Hall–Kier alpha value is -2.31. The van der Waals surface area contributed by atoms with Crippen LogP contribution in [-0.4, -0.2) is 20.7 Å². The second kappa shape index (κ2) is 6.78. The third kappa shape index (κ3) is 3.10. The molecule has 8 heteroatoms. The number of nitrogens with one attached hydrogen (secondary N) is 1. The van der Waals surface area contributed by atoms with Crippen molar-refractivity contribution in [3.8, 4) is 0 Å². The molecule has 2 aromatic heterocycles. The molecule has 134 valence electrons. The smallest absolute Gasteiger partial charge is 0.257 e. The molecule has 0 radical (unpaired) electrons. The number of hydrogen-bond acceptors (Lipinski definition) is 4. The number of pyridine rings is 1. The van der Waals surface area contributed by atoms with Gasteiger partial charge in [-0.15, -0.1) is 0 Å². The first-order valence-electron chi connectivity index (χ1n) is 8.42. The lowest BCUT2D eigenvalue weighted by atomic mass is 10.2. The van der Waals surface area contributed by atoms with Crippen LogP contribution in [0.3, 0.4) is 0 Å². The third-order valence-corrected chi connectivity index (χ3v) is 5.33. The van der Waals surface area contributed by atoms with Crippen molar-refractivity contribution in [3.05, 3.63) is 46.2 Å². The molecular weight excluding hydrogens is 373 g/mol. The zero-order valence-corrected chi connectivity index (χ0v) is 15.4. The number of hydrogen-bond donors (Lipinski definition) is 2. The van der Waals surface area contributed by atoms with Gasteiger partial charge in [0.25, 0.3) is 5.91 Å². The van der Waals surface area contributed by atoms with Gasteiger partial charge in [0.05, 0.1) is 33.5 Å². The summed E-state index contributed by atoms with van der Waals surface area (Å²) in [7, 11) is 0. The number of aromatic nitrogens is 3. The number of amides is 1. The van der Waals surface area contributed by atoms with Gasteiger partial charge in [0.15, 0.2) is 5.65 Å². The summed E-state index contributed by atoms with van der Waals surface area (Å²) in [5, 5.41) is 8.66. The number of benzene rings is 1. The maximum absolute atomic E-state index is 12.5. The molecule has 0 unspecified atom stereocenters. The van der Waals surface area contributed by atoms with Gasteiger partial charge in [-0.25, -0.2) is 9.67 Å². The standard InChI is InChI=1S/C18H17Cl2N5O/c19-14-6-12(7-15(20)16(14)21)24-18(26)11-5-10-9-23-25(17(10)22-8-11)13-3-1-2-4-13/h5-9,13H,1-4,21H2,(H,24,26). The Kier molecular flexibility index (Phi) is 4.46. The van der Waals surface area contributed by atoms with Crippen molar-refractivity contribution in [2.45, 2.75) is 31.7 Å². The zero-order valence-electron chi connectivity index (χ0n) is 13.9. The fourth-order valence-electron chi connectivity index (χ4n) is 3.34. The van der Waals surface area contributed by atoms with Crippen molar-refractivity contribution in [3.63, 3.8) is 0 Å². The van der Waals surface area contributed by atoms with E-state index in [0.717, 1.165) is 23.9 Å². The molecule has 1 fully saturated rings. The summed E-state index contributed by atoms with van der Waals surface area (Å²) in [6.07, 6.45) is 8.01. The predicted octanol–water partition coefficient (Wildman–Crippen LogP) is 4.69. The van der Waals surface area contributed by atoms with E-state index in [4.69, 9.17) is 28.9 Å². The minimum Gasteiger partial charge on any atom is -0.396 e. The van der Waals surface area contributed by atoms with Crippen LogP contribution < -0.4 is 11.1 Å². The average Bonchev–Trinajstić information content (AvgIpc) is 3.28. The highest BCUT2D eigenvalue weighted by Gasteiger charge is 2.20. The van der Waals surface area contributed by atoms with Crippen LogP contribution in [0.2, 0.25) is 10.0 Å². The zero-order chi connectivity index (χ0) is 18.3. The molecule has 4 rings (SSSR count). The molecule has 2 heterocycles. The van der Waals surface area contributed by atoms with Gasteiger partial charge >= 0.3 is 0 Å². The second-order valence-electron chi connectivity index (χ2n) is 6.47. The molecule has 1 aliphatic carbocycles. The highest BCUT2D eigenvalue weighted by molar-refractivity contribution is 6.39. The van der Waals surface area contributed by atoms with E-state index in [1.807, 2.05) is 4.68 Å². The Bertz CT molecular complexity index is 971. The average molecular weight is 390 g/mol. The summed E-state index contributed by atoms with van der Waals surface area (Å²) in [6, 6.07) is 5.31. The first-order chi connectivity index (χ1) is 12.5. The SMILES string of the molecule is Nc1c(Cl)cc(NC(=O)c2cnc3c(cnn3C3CCCC3)c2)cc1Cl. The van der Waals surface area contributed by atoms with Crippen molar-refractivity contribution >= 4 is 51.5 Å². The van der Waals surface area contributed by atoms with Gasteiger partial charge in [-0.3, -0.25) is 4.79 Å². The summed E-state index contributed by atoms with van der Waals surface area (Å²) in [5.41, 5.74) is 7.72. The number of anilines is 2. The molecule has 26 heavy (non-hydrogen) atoms. The van der Waals surface area contributed by atoms with E-state index in [1.54, 1.807) is 30.6 Å². The van der Waals surface area contributed by atoms with Gasteiger partial charge in [0.1, 0.15) is 0 Å². The maximum atomic E-state index is 12.5. The highest BCUT2D eigenvalue weighted by atomic mass is 35.5. The van der Waals surface area contributed by atoms with E-state index in [-0.39, 0.29) is 11.6 Å². The number of rotatable bonds is 3. The Morgan fingerprint density at radius 1 is 1.15 bits per heavy atom. The molecule has 1 amide bonds. The monoisotopic (exact) mass is 389 g/mol. The minimum atomic E-state index is -0.301. The topological polar surface area (TPSA) is 85.8 Å². The van der Waals surface area contributed by atoms with E-state index in [9.17, 15) is 4.79 Å². The molecule has 0 bridgehead atoms. The molecule has 3 aromatic rings. The van der Waals surface area contributed by atoms with Gasteiger partial charge in [0.2, 0.25) is 0 Å². The van der Waals surface area contributed by atoms with Crippen molar-refractivity contribution in [2.75, 3.05) is 11.1 Å². The largest absolute Gasteiger partial charge is 0.396 e. The summed E-state index contributed by atoms with van der Waals surface area (Å²) in [6.45, 7) is 0. The first-order valence-corrected chi connectivity index (χ1v) is 9.17. The molecule has 1 saturated carbocycles. The van der Waals surface area contributed by atoms with E-state index in [0.29, 0.717) is 27.3 Å². The molecular formula is C18H17Cl2N5O. The number of nitrogen functional groups attached to an aromatic ring is 1. The number of nitrogens with two attached hydrogens (primary N) is 1. The van der Waals surface area contributed by atoms with Gasteiger partial charge in [0, 0.05) is 17.3 Å². The second-order valence-corrected chi connectivity index (χ2v) is 7.29. The van der Waals surface area contributed by atoms with Crippen LogP contribution in [0.15, 0.2) is 30.6 Å². The van der Waals surface area contributed by atoms with Gasteiger partial charge in [-0.05, 0) is 31.0 Å². The van der Waals surface area contributed by atoms with Crippen LogP contribution in [0.5, 0.6) is 0 Å². The van der Waals surface area contributed by atoms with Crippen LogP contribution in [0, 0.1) is 0 Å². The summed E-state index contributed by atoms with van der Waals surface area (Å²) in [5.74, 6) is -0.301. The van der Waals surface area contributed by atoms with E-state index < -0.39 is 0 Å². The van der Waals surface area contributed by atoms with Crippen LogP contribution in [0.4, 0.5) is 11.4 Å². The lowest BCUT2D eigenvalue weighted by molar-refractivity contribution is 0.102. The fraction of sp³-hybridized carbons (Fsp3) is 0.278. The Balaban J connectivity index is 1.59. The number of carbonyl (C=O) groups is 1. The normalized spacial score (nSPS) is 14.8. The van der Waals surface area contributed by atoms with Gasteiger partial charge < -0.3 is 11.1 Å². The number of carbonyl (C=O) groups excluding carboxylic acids is 1. The maximum Gasteiger partial charge on any atom is 0.257 e. The lowest BCUT2D eigenvalue weighted by Gasteiger charge is -2.11. The number of halogens is 2. The predicted molar refractivity (Wildman–Crippen MR) is 104 cm³/mol. The van der Waals surface area contributed by atoms with Crippen LogP contribution >= 0.6 is 23.2 Å². The Labute approximate surface area is 160 Å². The van der Waals surface area contributed by atoms with Crippen molar-refractivity contribution in [2.24, 2.45) is 0 Å². The van der Waals surface area contributed by atoms with Gasteiger partial charge in [-0.2, -0.15) is 5.10 Å². The van der Waals surface area contributed by atoms with E-state index in [1.165, 1.54) is 12.8 Å². The Morgan fingerprint density at radius 3 is 2.54 bits per heavy atom. The van der Waals surface area contributed by atoms with Crippen LogP contribution in [0.1, 0.15) is 42.1 Å². The molecule has 0 aliphatic heterocycles. The molecule has 0 atom stereocenters. The third-order valence-electron chi connectivity index (χ3n) is 4.70. The molecule has 1 aliphatic rings. The molecule has 0 spiro atoms. The minimum absolute atomic E-state index is 0.286. The van der Waals surface area contributed by atoms with E-state index >= 15 is 0 Å². The molecule has 6 nitrogen and oxygen atoms in total. The number of fused-ring (bicyclic) bond motifs is 1.